The summed E-state index contributed by atoms with van der Waals surface area (Å²) in [6.45, 7) is 2.63. The average Bonchev–Trinajstić information content (AvgIpc) is 2.81. The van der Waals surface area contributed by atoms with Crippen LogP contribution in [0.25, 0.3) is 0 Å². The molecule has 2 aliphatic rings. The van der Waals surface area contributed by atoms with Gasteiger partial charge >= 0.3 is 0 Å². The third-order valence-electron chi connectivity index (χ3n) is 3.86. The summed E-state index contributed by atoms with van der Waals surface area (Å²) in [5, 5.41) is 12.8. The number of amides is 1. The Morgan fingerprint density at radius 3 is 3.11 bits per heavy atom. The maximum absolute atomic E-state index is 12.3. The number of carbonyl (C=O) groups is 1. The van der Waals surface area contributed by atoms with Gasteiger partial charge in [0, 0.05) is 25.3 Å². The van der Waals surface area contributed by atoms with Crippen LogP contribution in [0.5, 0.6) is 5.75 Å². The van der Waals surface area contributed by atoms with Crippen molar-refractivity contribution in [1.82, 2.24) is 15.2 Å². The zero-order valence-electron chi connectivity index (χ0n) is 10.2. The molecule has 2 fully saturated rings. The molecule has 0 spiro atoms. The molecule has 96 valence electrons. The van der Waals surface area contributed by atoms with Gasteiger partial charge in [-0.05, 0) is 31.4 Å². The number of pyridine rings is 1. The second-order valence-electron chi connectivity index (χ2n) is 5.10. The van der Waals surface area contributed by atoms with Gasteiger partial charge in [-0.25, -0.2) is 0 Å². The summed E-state index contributed by atoms with van der Waals surface area (Å²) in [6.07, 6.45) is 5.23. The predicted octanol–water partition coefficient (Wildman–Crippen LogP) is 0.611. The second-order valence-corrected chi connectivity index (χ2v) is 5.10. The predicted molar refractivity (Wildman–Crippen MR) is 66.3 cm³/mol. The number of hydrogen-bond acceptors (Lipinski definition) is 4. The van der Waals surface area contributed by atoms with Crippen LogP contribution in [0.4, 0.5) is 0 Å². The number of rotatable bonds is 1. The molecule has 1 aromatic rings. The summed E-state index contributed by atoms with van der Waals surface area (Å²) in [4.78, 5) is 18.0. The van der Waals surface area contributed by atoms with E-state index in [0.29, 0.717) is 17.5 Å². The zero-order chi connectivity index (χ0) is 12.5. The van der Waals surface area contributed by atoms with Crippen LogP contribution >= 0.6 is 0 Å². The van der Waals surface area contributed by atoms with E-state index in [-0.39, 0.29) is 11.7 Å². The lowest BCUT2D eigenvalue weighted by molar-refractivity contribution is 0.0785. The third kappa shape index (κ3) is 2.06. The standard InChI is InChI=1S/C13H17N3O2/c17-11-4-10(5-14-6-11)13(18)16-7-9-2-1-3-15-12(9)8-16/h4-6,9,12,15,17H,1-3,7-8H2/t9-,12+/m0/s1. The second kappa shape index (κ2) is 4.57. The quantitative estimate of drug-likeness (QED) is 0.763. The number of fused-ring (bicyclic) bond motifs is 1. The Morgan fingerprint density at radius 2 is 2.33 bits per heavy atom. The lowest BCUT2D eigenvalue weighted by atomic mass is 9.94. The highest BCUT2D eigenvalue weighted by molar-refractivity contribution is 5.94. The van der Waals surface area contributed by atoms with Crippen molar-refractivity contribution in [3.05, 3.63) is 24.0 Å². The van der Waals surface area contributed by atoms with E-state index in [2.05, 4.69) is 10.3 Å². The Balaban J connectivity index is 1.74. The van der Waals surface area contributed by atoms with Gasteiger partial charge in [-0.2, -0.15) is 0 Å². The van der Waals surface area contributed by atoms with Crippen LogP contribution in [-0.2, 0) is 0 Å². The van der Waals surface area contributed by atoms with Gasteiger partial charge in [-0.1, -0.05) is 0 Å². The van der Waals surface area contributed by atoms with Crippen molar-refractivity contribution >= 4 is 5.91 Å². The Hall–Kier alpha value is -1.62. The van der Waals surface area contributed by atoms with Gasteiger partial charge < -0.3 is 15.3 Å². The molecule has 2 saturated heterocycles. The Bertz CT molecular complexity index is 449. The van der Waals surface area contributed by atoms with E-state index in [9.17, 15) is 9.90 Å². The first-order chi connectivity index (χ1) is 8.74. The third-order valence-corrected chi connectivity index (χ3v) is 3.86. The molecule has 1 amide bonds. The molecule has 5 heteroatoms. The average molecular weight is 247 g/mol. The number of hydrogen-bond donors (Lipinski definition) is 2. The summed E-state index contributed by atoms with van der Waals surface area (Å²) >= 11 is 0. The van der Waals surface area contributed by atoms with Crippen LogP contribution < -0.4 is 5.32 Å². The molecule has 2 aliphatic heterocycles. The van der Waals surface area contributed by atoms with Crippen molar-refractivity contribution in [1.29, 1.82) is 0 Å². The molecule has 2 atom stereocenters. The minimum absolute atomic E-state index is 0.0328. The molecule has 5 nitrogen and oxygen atoms in total. The van der Waals surface area contributed by atoms with Gasteiger partial charge in [0.15, 0.2) is 0 Å². The molecule has 0 unspecified atom stereocenters. The van der Waals surface area contributed by atoms with Crippen LogP contribution in [0, 0.1) is 5.92 Å². The van der Waals surface area contributed by atoms with E-state index in [1.54, 1.807) is 0 Å². The molecule has 3 heterocycles. The smallest absolute Gasteiger partial charge is 0.255 e. The molecule has 3 rings (SSSR count). The largest absolute Gasteiger partial charge is 0.506 e. The molecule has 2 N–H and O–H groups in total. The van der Waals surface area contributed by atoms with Gasteiger partial charge in [0.05, 0.1) is 11.8 Å². The molecule has 0 saturated carbocycles. The van der Waals surface area contributed by atoms with Crippen molar-refractivity contribution < 1.29 is 9.90 Å². The SMILES string of the molecule is O=C(c1cncc(O)c1)N1C[C@@H]2CCCN[C@@H]2C1. The topological polar surface area (TPSA) is 65.5 Å². The summed E-state index contributed by atoms with van der Waals surface area (Å²) < 4.78 is 0. The molecule has 18 heavy (non-hydrogen) atoms. The first-order valence-corrected chi connectivity index (χ1v) is 6.41. The highest BCUT2D eigenvalue weighted by Gasteiger charge is 2.36. The summed E-state index contributed by atoms with van der Waals surface area (Å²) in [5.41, 5.74) is 0.466. The highest BCUT2D eigenvalue weighted by atomic mass is 16.3. The zero-order valence-corrected chi connectivity index (χ0v) is 10.2. The molecule has 0 aliphatic carbocycles. The fraction of sp³-hybridized carbons (Fsp3) is 0.538. The Labute approximate surface area is 106 Å². The van der Waals surface area contributed by atoms with Gasteiger partial charge in [0.2, 0.25) is 0 Å². The Kier molecular flexibility index (Phi) is 2.91. The Morgan fingerprint density at radius 1 is 1.44 bits per heavy atom. The lowest BCUT2D eigenvalue weighted by Crippen LogP contribution is -2.41. The number of nitrogens with zero attached hydrogens (tertiary/aromatic N) is 2. The van der Waals surface area contributed by atoms with Crippen molar-refractivity contribution in [3.8, 4) is 5.75 Å². The van der Waals surface area contributed by atoms with Crippen LogP contribution in [0.1, 0.15) is 23.2 Å². The molecular formula is C13H17N3O2. The fourth-order valence-corrected chi connectivity index (χ4v) is 2.94. The number of carbonyl (C=O) groups excluding carboxylic acids is 1. The normalized spacial score (nSPS) is 27.0. The number of aromatic hydroxyl groups is 1. The van der Waals surface area contributed by atoms with Crippen LogP contribution in [0.3, 0.4) is 0 Å². The van der Waals surface area contributed by atoms with E-state index < -0.39 is 0 Å². The van der Waals surface area contributed by atoms with Gasteiger partial charge in [-0.3, -0.25) is 9.78 Å². The first kappa shape index (κ1) is 11.5. The van der Waals surface area contributed by atoms with Crippen LogP contribution in [-0.4, -0.2) is 46.6 Å². The van der Waals surface area contributed by atoms with Gasteiger partial charge in [0.25, 0.3) is 5.91 Å². The lowest BCUT2D eigenvalue weighted by Gasteiger charge is -2.24. The molecule has 1 aromatic heterocycles. The highest BCUT2D eigenvalue weighted by Crippen LogP contribution is 2.26. The minimum atomic E-state index is -0.0328. The van der Waals surface area contributed by atoms with Crippen molar-refractivity contribution in [2.75, 3.05) is 19.6 Å². The van der Waals surface area contributed by atoms with Crippen LogP contribution in [0.15, 0.2) is 18.5 Å². The summed E-state index contributed by atoms with van der Waals surface area (Å²) in [5.74, 6) is 0.582. The van der Waals surface area contributed by atoms with E-state index in [0.717, 1.165) is 19.6 Å². The van der Waals surface area contributed by atoms with E-state index in [1.807, 2.05) is 4.90 Å². The van der Waals surface area contributed by atoms with Crippen molar-refractivity contribution in [2.45, 2.75) is 18.9 Å². The van der Waals surface area contributed by atoms with Crippen molar-refractivity contribution in [3.63, 3.8) is 0 Å². The monoisotopic (exact) mass is 247 g/mol. The van der Waals surface area contributed by atoms with E-state index >= 15 is 0 Å². The summed E-state index contributed by atoms with van der Waals surface area (Å²) in [7, 11) is 0. The van der Waals surface area contributed by atoms with Gasteiger partial charge in [-0.15, -0.1) is 0 Å². The van der Waals surface area contributed by atoms with E-state index in [4.69, 9.17) is 0 Å². The van der Waals surface area contributed by atoms with E-state index in [1.165, 1.54) is 31.3 Å². The molecule has 0 bridgehead atoms. The molecular weight excluding hydrogens is 230 g/mol. The molecule has 0 radical (unpaired) electrons. The number of likely N-dealkylation sites (tertiary alicyclic amines) is 1. The van der Waals surface area contributed by atoms with Crippen molar-refractivity contribution in [2.24, 2.45) is 5.92 Å². The van der Waals surface area contributed by atoms with Gasteiger partial charge in [0.1, 0.15) is 5.75 Å². The maximum Gasteiger partial charge on any atom is 0.255 e. The number of nitrogens with one attached hydrogen (secondary N) is 1. The first-order valence-electron chi connectivity index (χ1n) is 6.41. The van der Waals surface area contributed by atoms with Crippen LogP contribution in [0.2, 0.25) is 0 Å². The maximum atomic E-state index is 12.3. The number of piperidine rings is 1. The summed E-state index contributed by atoms with van der Waals surface area (Å²) in [6, 6.07) is 1.91. The number of aromatic nitrogens is 1. The minimum Gasteiger partial charge on any atom is -0.506 e. The fourth-order valence-electron chi connectivity index (χ4n) is 2.94. The molecule has 0 aromatic carbocycles.